The molecule has 0 radical (unpaired) electrons. The SMILES string of the molecule is COC(=O)C(C1CC1)N1CCN(C)C(=O)C1. The van der Waals surface area contributed by atoms with Gasteiger partial charge in [0, 0.05) is 20.1 Å². The van der Waals surface area contributed by atoms with E-state index in [4.69, 9.17) is 4.74 Å². The normalized spacial score (nSPS) is 24.4. The minimum absolute atomic E-state index is 0.0841. The molecule has 1 heterocycles. The van der Waals surface area contributed by atoms with Crippen LogP contribution in [0.5, 0.6) is 0 Å². The van der Waals surface area contributed by atoms with Crippen molar-refractivity contribution < 1.29 is 14.3 Å². The molecule has 0 aromatic carbocycles. The number of amides is 1. The molecule has 2 aliphatic rings. The van der Waals surface area contributed by atoms with Crippen molar-refractivity contribution >= 4 is 11.9 Å². The minimum atomic E-state index is -0.206. The number of methoxy groups -OCH3 is 1. The molecular weight excluding hydrogens is 208 g/mol. The fraction of sp³-hybridized carbons (Fsp3) is 0.818. The van der Waals surface area contributed by atoms with Crippen LogP contribution in [0, 0.1) is 5.92 Å². The van der Waals surface area contributed by atoms with E-state index in [1.54, 1.807) is 11.9 Å². The lowest BCUT2D eigenvalue weighted by Gasteiger charge is -2.36. The van der Waals surface area contributed by atoms with E-state index in [9.17, 15) is 9.59 Å². The van der Waals surface area contributed by atoms with Gasteiger partial charge in [-0.1, -0.05) is 0 Å². The average molecular weight is 226 g/mol. The number of ether oxygens (including phenoxy) is 1. The van der Waals surface area contributed by atoms with Gasteiger partial charge in [-0.05, 0) is 18.8 Å². The monoisotopic (exact) mass is 226 g/mol. The van der Waals surface area contributed by atoms with Crippen molar-refractivity contribution in [1.82, 2.24) is 9.80 Å². The maximum Gasteiger partial charge on any atom is 0.323 e. The summed E-state index contributed by atoms with van der Waals surface area (Å²) >= 11 is 0. The van der Waals surface area contributed by atoms with Crippen LogP contribution in [0.2, 0.25) is 0 Å². The highest BCUT2D eigenvalue weighted by Crippen LogP contribution is 2.36. The van der Waals surface area contributed by atoms with Gasteiger partial charge in [-0.15, -0.1) is 0 Å². The molecular formula is C11H18N2O3. The van der Waals surface area contributed by atoms with Crippen LogP contribution in [0.3, 0.4) is 0 Å². The zero-order valence-corrected chi connectivity index (χ0v) is 9.81. The topological polar surface area (TPSA) is 49.9 Å². The third-order valence-electron chi connectivity index (χ3n) is 3.39. The number of esters is 1. The molecule has 1 saturated carbocycles. The molecule has 16 heavy (non-hydrogen) atoms. The Hall–Kier alpha value is -1.10. The van der Waals surface area contributed by atoms with Gasteiger partial charge in [0.15, 0.2) is 0 Å². The molecule has 5 nitrogen and oxygen atoms in total. The first-order valence-electron chi connectivity index (χ1n) is 5.69. The predicted molar refractivity (Wildman–Crippen MR) is 57.7 cm³/mol. The minimum Gasteiger partial charge on any atom is -0.468 e. The van der Waals surface area contributed by atoms with Gasteiger partial charge in [0.25, 0.3) is 0 Å². The second kappa shape index (κ2) is 4.41. The van der Waals surface area contributed by atoms with Gasteiger partial charge in [-0.3, -0.25) is 14.5 Å². The molecule has 1 amide bonds. The summed E-state index contributed by atoms with van der Waals surface area (Å²) in [7, 11) is 3.21. The highest BCUT2D eigenvalue weighted by atomic mass is 16.5. The van der Waals surface area contributed by atoms with E-state index in [2.05, 4.69) is 0 Å². The standard InChI is InChI=1S/C11H18N2O3/c1-12-5-6-13(7-9(12)14)10(8-3-4-8)11(15)16-2/h8,10H,3-7H2,1-2H3. The Morgan fingerprint density at radius 2 is 2.12 bits per heavy atom. The van der Waals surface area contributed by atoms with Gasteiger partial charge in [-0.25, -0.2) is 0 Å². The molecule has 90 valence electrons. The summed E-state index contributed by atoms with van der Waals surface area (Å²) in [5.41, 5.74) is 0. The number of nitrogens with zero attached hydrogens (tertiary/aromatic N) is 2. The highest BCUT2D eigenvalue weighted by molar-refractivity contribution is 5.81. The number of carbonyl (C=O) groups excluding carboxylic acids is 2. The predicted octanol–water partition coefficient (Wildman–Crippen LogP) is -0.288. The van der Waals surface area contributed by atoms with Gasteiger partial charge in [0.1, 0.15) is 6.04 Å². The van der Waals surface area contributed by atoms with Crippen LogP contribution in [0.4, 0.5) is 0 Å². The molecule has 1 aliphatic heterocycles. The van der Waals surface area contributed by atoms with Crippen LogP contribution in [0.15, 0.2) is 0 Å². The number of hydrogen-bond donors (Lipinski definition) is 0. The summed E-state index contributed by atoms with van der Waals surface area (Å²) in [5, 5.41) is 0. The van der Waals surface area contributed by atoms with Crippen LogP contribution in [-0.4, -0.2) is 61.5 Å². The second-order valence-electron chi connectivity index (χ2n) is 4.59. The highest BCUT2D eigenvalue weighted by Gasteiger charge is 2.42. The van der Waals surface area contributed by atoms with Crippen molar-refractivity contribution in [2.45, 2.75) is 18.9 Å². The first-order valence-corrected chi connectivity index (χ1v) is 5.69. The molecule has 0 N–H and O–H groups in total. The van der Waals surface area contributed by atoms with Gasteiger partial charge >= 0.3 is 5.97 Å². The summed E-state index contributed by atoms with van der Waals surface area (Å²) in [6.07, 6.45) is 2.14. The van der Waals surface area contributed by atoms with Crippen LogP contribution < -0.4 is 0 Å². The van der Waals surface area contributed by atoms with Gasteiger partial charge in [0.2, 0.25) is 5.91 Å². The third-order valence-corrected chi connectivity index (χ3v) is 3.39. The maximum absolute atomic E-state index is 11.7. The summed E-state index contributed by atoms with van der Waals surface area (Å²) < 4.78 is 4.82. The number of likely N-dealkylation sites (N-methyl/N-ethyl adjacent to an activating group) is 1. The van der Waals surface area contributed by atoms with E-state index in [1.165, 1.54) is 7.11 Å². The molecule has 0 bridgehead atoms. The van der Waals surface area contributed by atoms with Crippen molar-refractivity contribution in [3.63, 3.8) is 0 Å². The molecule has 0 aromatic rings. The van der Waals surface area contributed by atoms with Crippen LogP contribution >= 0.6 is 0 Å². The third kappa shape index (κ3) is 2.19. The van der Waals surface area contributed by atoms with Crippen molar-refractivity contribution in [2.75, 3.05) is 33.8 Å². The smallest absolute Gasteiger partial charge is 0.323 e. The fourth-order valence-electron chi connectivity index (χ4n) is 2.19. The van der Waals surface area contributed by atoms with E-state index in [-0.39, 0.29) is 17.9 Å². The quantitative estimate of drug-likeness (QED) is 0.621. The maximum atomic E-state index is 11.7. The summed E-state index contributed by atoms with van der Waals surface area (Å²) in [6.45, 7) is 1.80. The lowest BCUT2D eigenvalue weighted by Crippen LogP contribution is -2.55. The Balaban J connectivity index is 2.03. The molecule has 1 saturated heterocycles. The van der Waals surface area contributed by atoms with Crippen LogP contribution in [0.25, 0.3) is 0 Å². The van der Waals surface area contributed by atoms with Crippen LogP contribution in [-0.2, 0) is 14.3 Å². The Morgan fingerprint density at radius 1 is 1.44 bits per heavy atom. The summed E-state index contributed by atoms with van der Waals surface area (Å²) in [6, 6.07) is -0.206. The summed E-state index contributed by atoms with van der Waals surface area (Å²) in [5.74, 6) is 0.282. The Labute approximate surface area is 95.3 Å². The molecule has 2 fully saturated rings. The van der Waals surface area contributed by atoms with E-state index in [1.807, 2.05) is 4.90 Å². The summed E-state index contributed by atoms with van der Waals surface area (Å²) in [4.78, 5) is 27.0. The van der Waals surface area contributed by atoms with E-state index >= 15 is 0 Å². The van der Waals surface area contributed by atoms with Gasteiger partial charge in [-0.2, -0.15) is 0 Å². The first-order chi connectivity index (χ1) is 7.63. The average Bonchev–Trinajstić information content (AvgIpc) is 3.07. The van der Waals surface area contributed by atoms with E-state index < -0.39 is 0 Å². The molecule has 2 rings (SSSR count). The Kier molecular flexibility index (Phi) is 3.14. The van der Waals surface area contributed by atoms with Gasteiger partial charge in [0.05, 0.1) is 13.7 Å². The molecule has 1 atom stereocenters. The largest absolute Gasteiger partial charge is 0.468 e. The lowest BCUT2D eigenvalue weighted by atomic mass is 10.1. The zero-order valence-electron chi connectivity index (χ0n) is 9.81. The van der Waals surface area contributed by atoms with Gasteiger partial charge < -0.3 is 9.64 Å². The van der Waals surface area contributed by atoms with E-state index in [0.717, 1.165) is 19.4 Å². The van der Waals surface area contributed by atoms with Crippen molar-refractivity contribution in [3.8, 4) is 0 Å². The number of hydrogen-bond acceptors (Lipinski definition) is 4. The second-order valence-corrected chi connectivity index (χ2v) is 4.59. The molecule has 1 aliphatic carbocycles. The fourth-order valence-corrected chi connectivity index (χ4v) is 2.19. The number of rotatable bonds is 3. The lowest BCUT2D eigenvalue weighted by molar-refractivity contribution is -0.151. The molecule has 5 heteroatoms. The molecule has 1 unspecified atom stereocenters. The van der Waals surface area contributed by atoms with E-state index in [0.29, 0.717) is 19.0 Å². The van der Waals surface area contributed by atoms with Crippen LogP contribution in [0.1, 0.15) is 12.8 Å². The zero-order chi connectivity index (χ0) is 11.7. The Bertz CT molecular complexity index is 302. The number of carbonyl (C=O) groups is 2. The first kappa shape index (κ1) is 11.4. The van der Waals surface area contributed by atoms with Crippen molar-refractivity contribution in [3.05, 3.63) is 0 Å². The Morgan fingerprint density at radius 3 is 2.62 bits per heavy atom. The van der Waals surface area contributed by atoms with Crippen molar-refractivity contribution in [2.24, 2.45) is 5.92 Å². The van der Waals surface area contributed by atoms with Crippen molar-refractivity contribution in [1.29, 1.82) is 0 Å². The number of piperazine rings is 1. The molecule has 0 spiro atoms. The molecule has 0 aromatic heterocycles.